The molecule has 0 aromatic rings. The maximum Gasteiger partial charge on any atom is 0.0465 e. The zero-order valence-electron chi connectivity index (χ0n) is 3.96. The minimum Gasteiger partial charge on any atom is -0.330 e. The summed E-state index contributed by atoms with van der Waals surface area (Å²) in [5, 5.41) is 0.880. The van der Waals surface area contributed by atoms with Crippen molar-refractivity contribution in [3.63, 3.8) is 0 Å². The zero-order chi connectivity index (χ0) is 5.54. The van der Waals surface area contributed by atoms with E-state index in [1.165, 1.54) is 0 Å². The van der Waals surface area contributed by atoms with E-state index in [1.807, 2.05) is 0 Å². The molecule has 0 aromatic carbocycles. The zero-order valence-corrected chi connectivity index (χ0v) is 6.49. The molecule has 0 bridgehead atoms. The highest BCUT2D eigenvalue weighted by Gasteiger charge is 1.80. The van der Waals surface area contributed by atoms with Crippen molar-refractivity contribution in [2.45, 2.75) is 0 Å². The summed E-state index contributed by atoms with van der Waals surface area (Å²) in [5.41, 5.74) is 5.21. The normalized spacial score (nSPS) is 9.43. The molecule has 0 unspecified atom stereocenters. The Hall–Kier alpha value is 1.01. The second kappa shape index (κ2) is 7.01. The molecular weight excluding hydrogens is 146 g/mol. The minimum atomic E-state index is 0.769. The lowest BCUT2D eigenvalue weighted by molar-refractivity contribution is 1.16. The van der Waals surface area contributed by atoms with Gasteiger partial charge in [0.05, 0.1) is 0 Å². The molecule has 2 N–H and O–H groups in total. The Kier molecular flexibility index (Phi) is 8.02. The van der Waals surface area contributed by atoms with E-state index in [9.17, 15) is 0 Å². The molecule has 0 spiro atoms. The third kappa shape index (κ3) is 7.01. The Morgan fingerprint density at radius 1 is 1.43 bits per heavy atom. The smallest absolute Gasteiger partial charge is 0.0465 e. The summed E-state index contributed by atoms with van der Waals surface area (Å²) in [6, 6.07) is 0. The standard InChI is InChI=1S/C3H9NS3/c4-1-2-6-7-3-5/h5H,1-4H2. The van der Waals surface area contributed by atoms with Gasteiger partial charge in [0.25, 0.3) is 0 Å². The Morgan fingerprint density at radius 3 is 2.57 bits per heavy atom. The van der Waals surface area contributed by atoms with E-state index < -0.39 is 0 Å². The van der Waals surface area contributed by atoms with E-state index in [2.05, 4.69) is 12.6 Å². The molecule has 0 aliphatic rings. The largest absolute Gasteiger partial charge is 0.330 e. The van der Waals surface area contributed by atoms with Gasteiger partial charge in [-0.15, -0.1) is 0 Å². The van der Waals surface area contributed by atoms with Crippen LogP contribution in [-0.2, 0) is 0 Å². The van der Waals surface area contributed by atoms with Gasteiger partial charge in [0.15, 0.2) is 0 Å². The fourth-order valence-corrected chi connectivity index (χ4v) is 1.97. The molecule has 0 amide bonds. The monoisotopic (exact) mass is 155 g/mol. The molecule has 0 radical (unpaired) electrons. The SMILES string of the molecule is NCCSSCS. The second-order valence-corrected chi connectivity index (χ2v) is 4.18. The Bertz CT molecular complexity index is 29.4. The van der Waals surface area contributed by atoms with Gasteiger partial charge in [-0.3, -0.25) is 0 Å². The fourth-order valence-electron chi connectivity index (χ4n) is 0.144. The molecular formula is C3H9NS3. The minimum absolute atomic E-state index is 0.769. The van der Waals surface area contributed by atoms with Gasteiger partial charge in [-0.25, -0.2) is 0 Å². The summed E-state index contributed by atoms with van der Waals surface area (Å²) in [6.07, 6.45) is 0. The number of nitrogens with two attached hydrogens (primary N) is 1. The summed E-state index contributed by atoms with van der Waals surface area (Å²) < 4.78 is 0. The van der Waals surface area contributed by atoms with Crippen LogP contribution >= 0.6 is 34.2 Å². The van der Waals surface area contributed by atoms with Crippen molar-refractivity contribution in [1.29, 1.82) is 0 Å². The Labute approximate surface area is 57.6 Å². The molecule has 0 aliphatic carbocycles. The summed E-state index contributed by atoms with van der Waals surface area (Å²) in [4.78, 5) is 0. The highest BCUT2D eigenvalue weighted by molar-refractivity contribution is 8.77. The first-order valence-corrected chi connectivity index (χ1v) is 5.09. The van der Waals surface area contributed by atoms with Gasteiger partial charge >= 0.3 is 0 Å². The molecule has 0 aliphatic heterocycles. The molecule has 0 saturated heterocycles. The summed E-state index contributed by atoms with van der Waals surface area (Å²) >= 11 is 3.99. The molecule has 7 heavy (non-hydrogen) atoms. The number of hydrogen-bond acceptors (Lipinski definition) is 4. The fraction of sp³-hybridized carbons (Fsp3) is 1.00. The predicted octanol–water partition coefficient (Wildman–Crippen LogP) is 1.21. The van der Waals surface area contributed by atoms with Gasteiger partial charge < -0.3 is 5.73 Å². The maximum atomic E-state index is 5.21. The lowest BCUT2D eigenvalue weighted by Gasteiger charge is -1.90. The van der Waals surface area contributed by atoms with E-state index >= 15 is 0 Å². The Morgan fingerprint density at radius 2 is 2.14 bits per heavy atom. The predicted molar refractivity (Wildman–Crippen MR) is 43.0 cm³/mol. The highest BCUT2D eigenvalue weighted by Crippen LogP contribution is 2.20. The summed E-state index contributed by atoms with van der Waals surface area (Å²) in [6.45, 7) is 0.769. The quantitative estimate of drug-likeness (QED) is 0.276. The van der Waals surface area contributed by atoms with Crippen molar-refractivity contribution in [1.82, 2.24) is 0 Å². The molecule has 0 fully saturated rings. The van der Waals surface area contributed by atoms with Crippen molar-refractivity contribution in [3.8, 4) is 0 Å². The van der Waals surface area contributed by atoms with Crippen LogP contribution in [0.5, 0.6) is 0 Å². The molecule has 0 atom stereocenters. The van der Waals surface area contributed by atoms with Crippen LogP contribution in [0.2, 0.25) is 0 Å². The van der Waals surface area contributed by atoms with Crippen LogP contribution in [0.1, 0.15) is 0 Å². The van der Waals surface area contributed by atoms with Gasteiger partial charge in [-0.2, -0.15) is 12.6 Å². The molecule has 0 saturated carbocycles. The number of rotatable bonds is 4. The van der Waals surface area contributed by atoms with Crippen molar-refractivity contribution < 1.29 is 0 Å². The lowest BCUT2D eigenvalue weighted by atomic mass is 10.8. The van der Waals surface area contributed by atoms with E-state index in [0.29, 0.717) is 0 Å². The van der Waals surface area contributed by atoms with Gasteiger partial charge in [0.1, 0.15) is 0 Å². The number of thiol groups is 1. The second-order valence-electron chi connectivity index (χ2n) is 0.858. The van der Waals surface area contributed by atoms with E-state index in [4.69, 9.17) is 5.73 Å². The van der Waals surface area contributed by atoms with E-state index in [1.54, 1.807) is 21.6 Å². The first-order chi connectivity index (χ1) is 3.41. The van der Waals surface area contributed by atoms with Crippen LogP contribution in [0.25, 0.3) is 0 Å². The van der Waals surface area contributed by atoms with Gasteiger partial charge in [-0.05, 0) is 0 Å². The van der Waals surface area contributed by atoms with Gasteiger partial charge in [0, 0.05) is 17.4 Å². The van der Waals surface area contributed by atoms with Crippen LogP contribution in [0.3, 0.4) is 0 Å². The first kappa shape index (κ1) is 8.01. The first-order valence-electron chi connectivity index (χ1n) is 1.97. The average Bonchev–Trinajstić information content (AvgIpc) is 1.69. The lowest BCUT2D eigenvalue weighted by Crippen LogP contribution is -1.99. The molecule has 1 nitrogen and oxygen atoms in total. The van der Waals surface area contributed by atoms with Crippen LogP contribution in [0, 0.1) is 0 Å². The molecule has 0 rings (SSSR count). The summed E-state index contributed by atoms with van der Waals surface area (Å²) in [7, 11) is 3.50. The third-order valence-corrected chi connectivity index (χ3v) is 3.28. The topological polar surface area (TPSA) is 26.0 Å². The van der Waals surface area contributed by atoms with E-state index in [-0.39, 0.29) is 0 Å². The average molecular weight is 155 g/mol. The molecule has 0 heterocycles. The third-order valence-electron chi connectivity index (χ3n) is 0.337. The molecule has 0 aromatic heterocycles. The maximum absolute atomic E-state index is 5.21. The van der Waals surface area contributed by atoms with Crippen LogP contribution < -0.4 is 5.73 Å². The Balaban J connectivity index is 2.45. The van der Waals surface area contributed by atoms with Crippen molar-refractivity contribution >= 4 is 34.2 Å². The van der Waals surface area contributed by atoms with Gasteiger partial charge in [-0.1, -0.05) is 21.6 Å². The molecule has 44 valence electrons. The highest BCUT2D eigenvalue weighted by atomic mass is 33.1. The van der Waals surface area contributed by atoms with Crippen molar-refractivity contribution in [2.75, 3.05) is 17.4 Å². The van der Waals surface area contributed by atoms with Gasteiger partial charge in [0.2, 0.25) is 0 Å². The van der Waals surface area contributed by atoms with Crippen LogP contribution in [-0.4, -0.2) is 17.4 Å². The van der Waals surface area contributed by atoms with Crippen LogP contribution in [0.4, 0.5) is 0 Å². The summed E-state index contributed by atoms with van der Waals surface area (Å²) in [5.74, 6) is 1.03. The molecule has 4 heteroatoms. The number of hydrogen-bond donors (Lipinski definition) is 2. The van der Waals surface area contributed by atoms with Crippen molar-refractivity contribution in [2.24, 2.45) is 5.73 Å². The van der Waals surface area contributed by atoms with E-state index in [0.717, 1.165) is 17.4 Å². The van der Waals surface area contributed by atoms with Crippen LogP contribution in [0.15, 0.2) is 0 Å². The van der Waals surface area contributed by atoms with Crippen molar-refractivity contribution in [3.05, 3.63) is 0 Å².